The van der Waals surface area contributed by atoms with Crippen molar-refractivity contribution in [2.45, 2.75) is 40.5 Å². The third kappa shape index (κ3) is 3.19. The van der Waals surface area contributed by atoms with Crippen LogP contribution in [-0.2, 0) is 6.42 Å². The summed E-state index contributed by atoms with van der Waals surface area (Å²) in [6, 6.07) is 6.19. The molecule has 0 saturated heterocycles. The smallest absolute Gasteiger partial charge is 0.162 e. The molecule has 0 fully saturated rings. The number of ketones is 1. The Labute approximate surface area is 92.5 Å². The number of carbonyl (C=O) groups excluding carboxylic acids is 1. The van der Waals surface area contributed by atoms with Crippen molar-refractivity contribution >= 4 is 5.78 Å². The number of carbonyl (C=O) groups is 1. The Morgan fingerprint density at radius 3 is 2.47 bits per heavy atom. The number of rotatable bonds is 4. The second-order valence-corrected chi connectivity index (χ2v) is 4.52. The van der Waals surface area contributed by atoms with E-state index in [1.807, 2.05) is 19.9 Å². The van der Waals surface area contributed by atoms with Gasteiger partial charge in [0.15, 0.2) is 5.78 Å². The fourth-order valence-electron chi connectivity index (χ4n) is 1.83. The van der Waals surface area contributed by atoms with Gasteiger partial charge in [0.25, 0.3) is 0 Å². The average molecular weight is 204 g/mol. The Morgan fingerprint density at radius 2 is 2.00 bits per heavy atom. The van der Waals surface area contributed by atoms with E-state index in [9.17, 15) is 4.79 Å². The minimum Gasteiger partial charge on any atom is -0.294 e. The molecule has 0 radical (unpaired) electrons. The largest absolute Gasteiger partial charge is 0.294 e. The molecule has 0 N–H and O–H groups in total. The van der Waals surface area contributed by atoms with Crippen LogP contribution in [0.5, 0.6) is 0 Å². The highest BCUT2D eigenvalue weighted by Gasteiger charge is 2.07. The zero-order valence-corrected chi connectivity index (χ0v) is 10.1. The topological polar surface area (TPSA) is 17.1 Å². The molecule has 0 unspecified atom stereocenters. The van der Waals surface area contributed by atoms with Crippen molar-refractivity contribution in [1.29, 1.82) is 0 Å². The second kappa shape index (κ2) is 5.11. The van der Waals surface area contributed by atoms with Gasteiger partial charge in [0.1, 0.15) is 0 Å². The van der Waals surface area contributed by atoms with Crippen molar-refractivity contribution in [1.82, 2.24) is 0 Å². The third-order valence-electron chi connectivity index (χ3n) is 2.56. The molecule has 1 heteroatoms. The van der Waals surface area contributed by atoms with Gasteiger partial charge in [-0.3, -0.25) is 4.79 Å². The Morgan fingerprint density at radius 1 is 1.33 bits per heavy atom. The summed E-state index contributed by atoms with van der Waals surface area (Å²) in [5.74, 6) is 0.903. The van der Waals surface area contributed by atoms with E-state index in [0.717, 1.165) is 17.5 Å². The van der Waals surface area contributed by atoms with Crippen LogP contribution in [0.2, 0.25) is 0 Å². The molecule has 0 bridgehead atoms. The summed E-state index contributed by atoms with van der Waals surface area (Å²) >= 11 is 0. The summed E-state index contributed by atoms with van der Waals surface area (Å²) < 4.78 is 0. The van der Waals surface area contributed by atoms with Crippen molar-refractivity contribution in [2.24, 2.45) is 5.92 Å². The van der Waals surface area contributed by atoms with E-state index in [-0.39, 0.29) is 5.78 Å². The number of hydrogen-bond donors (Lipinski definition) is 0. The van der Waals surface area contributed by atoms with Crippen LogP contribution >= 0.6 is 0 Å². The van der Waals surface area contributed by atoms with Gasteiger partial charge in [-0.05, 0) is 30.4 Å². The predicted octanol–water partition coefficient (Wildman–Crippen LogP) is 3.79. The van der Waals surface area contributed by atoms with E-state index in [1.54, 1.807) is 0 Å². The van der Waals surface area contributed by atoms with Gasteiger partial charge in [0.05, 0.1) is 0 Å². The maximum atomic E-state index is 11.6. The molecule has 0 aliphatic carbocycles. The lowest BCUT2D eigenvalue weighted by molar-refractivity contribution is 0.0987. The fourth-order valence-corrected chi connectivity index (χ4v) is 1.83. The molecule has 82 valence electrons. The molecule has 1 aromatic rings. The molecule has 0 aliphatic heterocycles. The van der Waals surface area contributed by atoms with Crippen molar-refractivity contribution in [3.05, 3.63) is 34.9 Å². The standard InChI is InChI=1S/C14H20O/c1-5-14(15)13-7-6-12(8-10(2)3)9-11(13)4/h6-7,9-10H,5,8H2,1-4H3. The summed E-state index contributed by atoms with van der Waals surface area (Å²) in [5.41, 5.74) is 3.32. The van der Waals surface area contributed by atoms with Crippen LogP contribution in [0.4, 0.5) is 0 Å². The van der Waals surface area contributed by atoms with E-state index in [4.69, 9.17) is 0 Å². The molecule has 0 spiro atoms. The molecule has 0 aliphatic rings. The molecule has 1 nitrogen and oxygen atoms in total. The summed E-state index contributed by atoms with van der Waals surface area (Å²) in [4.78, 5) is 11.6. The molecule has 0 amide bonds. The molecule has 15 heavy (non-hydrogen) atoms. The molecule has 1 aromatic carbocycles. The molecule has 0 heterocycles. The molecular formula is C14H20O. The van der Waals surface area contributed by atoms with Gasteiger partial charge in [-0.15, -0.1) is 0 Å². The zero-order chi connectivity index (χ0) is 11.4. The highest BCUT2D eigenvalue weighted by molar-refractivity contribution is 5.97. The fraction of sp³-hybridized carbons (Fsp3) is 0.500. The highest BCUT2D eigenvalue weighted by atomic mass is 16.1. The molecule has 0 aromatic heterocycles. The monoisotopic (exact) mass is 204 g/mol. The SMILES string of the molecule is CCC(=O)c1ccc(CC(C)C)cc1C. The summed E-state index contributed by atoms with van der Waals surface area (Å²) in [6.45, 7) is 8.34. The highest BCUT2D eigenvalue weighted by Crippen LogP contribution is 2.15. The first-order valence-corrected chi connectivity index (χ1v) is 5.67. The molecule has 0 saturated carbocycles. The van der Waals surface area contributed by atoms with Gasteiger partial charge >= 0.3 is 0 Å². The van der Waals surface area contributed by atoms with Crippen LogP contribution in [0, 0.1) is 12.8 Å². The lowest BCUT2D eigenvalue weighted by Crippen LogP contribution is -2.02. The third-order valence-corrected chi connectivity index (χ3v) is 2.56. The maximum absolute atomic E-state index is 11.6. The van der Waals surface area contributed by atoms with Gasteiger partial charge in [-0.1, -0.05) is 39.0 Å². The van der Waals surface area contributed by atoms with Gasteiger partial charge in [-0.2, -0.15) is 0 Å². The molecule has 0 atom stereocenters. The second-order valence-electron chi connectivity index (χ2n) is 4.52. The predicted molar refractivity (Wildman–Crippen MR) is 64.3 cm³/mol. The van der Waals surface area contributed by atoms with Crippen molar-refractivity contribution in [3.63, 3.8) is 0 Å². The van der Waals surface area contributed by atoms with Gasteiger partial charge in [0.2, 0.25) is 0 Å². The van der Waals surface area contributed by atoms with E-state index < -0.39 is 0 Å². The number of Topliss-reactive ketones (excluding diaryl/α,β-unsaturated/α-hetero) is 1. The molecular weight excluding hydrogens is 184 g/mol. The summed E-state index contributed by atoms with van der Waals surface area (Å²) in [6.07, 6.45) is 1.67. The summed E-state index contributed by atoms with van der Waals surface area (Å²) in [7, 11) is 0. The van der Waals surface area contributed by atoms with Gasteiger partial charge in [-0.25, -0.2) is 0 Å². The van der Waals surface area contributed by atoms with Crippen molar-refractivity contribution in [2.75, 3.05) is 0 Å². The Balaban J connectivity index is 2.93. The van der Waals surface area contributed by atoms with Crippen LogP contribution in [0.25, 0.3) is 0 Å². The van der Waals surface area contributed by atoms with E-state index in [1.165, 1.54) is 5.56 Å². The number of aryl methyl sites for hydroxylation is 1. The first-order chi connectivity index (χ1) is 7.04. The van der Waals surface area contributed by atoms with Gasteiger partial charge in [0, 0.05) is 12.0 Å². The van der Waals surface area contributed by atoms with Crippen molar-refractivity contribution < 1.29 is 4.79 Å². The van der Waals surface area contributed by atoms with Gasteiger partial charge < -0.3 is 0 Å². The van der Waals surface area contributed by atoms with E-state index in [2.05, 4.69) is 26.0 Å². The summed E-state index contributed by atoms with van der Waals surface area (Å²) in [5, 5.41) is 0. The van der Waals surface area contributed by atoms with E-state index >= 15 is 0 Å². The first-order valence-electron chi connectivity index (χ1n) is 5.67. The average Bonchev–Trinajstić information content (AvgIpc) is 2.16. The van der Waals surface area contributed by atoms with E-state index in [0.29, 0.717) is 12.3 Å². The maximum Gasteiger partial charge on any atom is 0.162 e. The number of benzene rings is 1. The first kappa shape index (κ1) is 12.0. The lowest BCUT2D eigenvalue weighted by Gasteiger charge is -2.08. The quantitative estimate of drug-likeness (QED) is 0.682. The zero-order valence-electron chi connectivity index (χ0n) is 10.1. The minimum absolute atomic E-state index is 0.239. The Bertz CT molecular complexity index is 350. The van der Waals surface area contributed by atoms with Crippen LogP contribution in [0.15, 0.2) is 18.2 Å². The van der Waals surface area contributed by atoms with Crippen LogP contribution in [0.3, 0.4) is 0 Å². The number of hydrogen-bond acceptors (Lipinski definition) is 1. The minimum atomic E-state index is 0.239. The normalized spacial score (nSPS) is 10.7. The Hall–Kier alpha value is -1.11. The Kier molecular flexibility index (Phi) is 4.07. The van der Waals surface area contributed by atoms with Crippen LogP contribution in [0.1, 0.15) is 48.7 Å². The van der Waals surface area contributed by atoms with Crippen LogP contribution < -0.4 is 0 Å². The lowest BCUT2D eigenvalue weighted by atomic mass is 9.96. The van der Waals surface area contributed by atoms with Crippen LogP contribution in [-0.4, -0.2) is 5.78 Å². The van der Waals surface area contributed by atoms with Crippen molar-refractivity contribution in [3.8, 4) is 0 Å². The molecule has 1 rings (SSSR count).